The number of hydrogen-bond acceptors (Lipinski definition) is 1. The van der Waals surface area contributed by atoms with Gasteiger partial charge in [0.05, 0.1) is 0 Å². The second-order valence-corrected chi connectivity index (χ2v) is 2.42. The Hall–Kier alpha value is -0.530. The number of hydrogen-bond donors (Lipinski definition) is 0. The molecule has 1 heterocycles. The molecule has 0 aromatic carbocycles. The summed E-state index contributed by atoms with van der Waals surface area (Å²) < 4.78 is 12.3. The Balaban J connectivity index is 2.31. The topological polar surface area (TPSA) is 3.24 Å². The fourth-order valence-corrected chi connectivity index (χ4v) is 1.14. The van der Waals surface area contributed by atoms with Crippen molar-refractivity contribution in [2.75, 3.05) is 13.1 Å². The first-order chi connectivity index (χ1) is 4.30. The maximum absolute atomic E-state index is 12.3. The van der Waals surface area contributed by atoms with Crippen molar-refractivity contribution < 1.29 is 4.39 Å². The van der Waals surface area contributed by atoms with E-state index in [1.165, 1.54) is 6.42 Å². The Morgan fingerprint density at radius 1 is 1.22 bits per heavy atom. The van der Waals surface area contributed by atoms with E-state index in [4.69, 9.17) is 0 Å². The van der Waals surface area contributed by atoms with Crippen molar-refractivity contribution in [3.8, 4) is 0 Å². The molecule has 0 N–H and O–H groups in total. The van der Waals surface area contributed by atoms with Gasteiger partial charge in [0.2, 0.25) is 0 Å². The molecule has 1 nitrogen and oxygen atoms in total. The van der Waals surface area contributed by atoms with Crippen LogP contribution in [-0.4, -0.2) is 18.0 Å². The smallest absolute Gasteiger partial charge is 0.182 e. The van der Waals surface area contributed by atoms with Gasteiger partial charge in [-0.3, -0.25) is 0 Å². The number of rotatable bonds is 1. The van der Waals surface area contributed by atoms with Gasteiger partial charge in [-0.1, -0.05) is 0 Å². The van der Waals surface area contributed by atoms with Crippen LogP contribution in [0.15, 0.2) is 12.5 Å². The molecule has 0 radical (unpaired) electrons. The molecule has 0 aromatic rings. The fraction of sp³-hybridized carbons (Fsp3) is 0.714. The largest absolute Gasteiger partial charge is 0.349 e. The monoisotopic (exact) mass is 129 g/mol. The average molecular weight is 129 g/mol. The third-order valence-electron chi connectivity index (χ3n) is 1.70. The van der Waals surface area contributed by atoms with Crippen molar-refractivity contribution in [3.05, 3.63) is 12.5 Å². The highest BCUT2D eigenvalue weighted by molar-refractivity contribution is 4.82. The Kier molecular flexibility index (Phi) is 2.09. The predicted octanol–water partition coefficient (Wildman–Crippen LogP) is 1.91. The number of piperidine rings is 1. The minimum absolute atomic E-state index is 0.269. The lowest BCUT2D eigenvalue weighted by Gasteiger charge is -2.25. The summed E-state index contributed by atoms with van der Waals surface area (Å²) in [6, 6.07) is 0. The van der Waals surface area contributed by atoms with Crippen LogP contribution in [0.25, 0.3) is 0 Å². The Bertz CT molecular complexity index is 105. The van der Waals surface area contributed by atoms with E-state index in [1.807, 2.05) is 0 Å². The van der Waals surface area contributed by atoms with E-state index in [0.717, 1.165) is 25.9 Å². The molecule has 0 saturated carbocycles. The summed E-state index contributed by atoms with van der Waals surface area (Å²) in [4.78, 5) is 1.70. The van der Waals surface area contributed by atoms with Crippen LogP contribution in [0.1, 0.15) is 19.3 Å². The average Bonchev–Trinajstić information content (AvgIpc) is 1.90. The summed E-state index contributed by atoms with van der Waals surface area (Å²) in [5, 5.41) is 0. The van der Waals surface area contributed by atoms with Gasteiger partial charge >= 0.3 is 0 Å². The van der Waals surface area contributed by atoms with Crippen LogP contribution in [0.5, 0.6) is 0 Å². The quantitative estimate of drug-likeness (QED) is 0.489. The van der Waals surface area contributed by atoms with E-state index in [9.17, 15) is 4.39 Å². The highest BCUT2D eigenvalue weighted by atomic mass is 19.1. The maximum Gasteiger partial charge on any atom is 0.182 e. The molecule has 1 aliphatic rings. The SMILES string of the molecule is C=C(F)N1CCCCC1. The van der Waals surface area contributed by atoms with E-state index in [0.29, 0.717) is 0 Å². The third kappa shape index (κ3) is 1.70. The summed E-state index contributed by atoms with van der Waals surface area (Å²) in [6.45, 7) is 4.95. The first kappa shape index (κ1) is 6.59. The van der Waals surface area contributed by atoms with Gasteiger partial charge in [0, 0.05) is 13.1 Å². The van der Waals surface area contributed by atoms with E-state index in [2.05, 4.69) is 6.58 Å². The van der Waals surface area contributed by atoms with Crippen molar-refractivity contribution in [1.82, 2.24) is 4.90 Å². The first-order valence-corrected chi connectivity index (χ1v) is 3.40. The van der Waals surface area contributed by atoms with Crippen LogP contribution in [0.4, 0.5) is 4.39 Å². The Morgan fingerprint density at radius 3 is 2.11 bits per heavy atom. The molecule has 9 heavy (non-hydrogen) atoms. The maximum atomic E-state index is 12.3. The van der Waals surface area contributed by atoms with E-state index >= 15 is 0 Å². The van der Waals surface area contributed by atoms with Crippen molar-refractivity contribution in [2.24, 2.45) is 0 Å². The zero-order valence-corrected chi connectivity index (χ0v) is 5.57. The van der Waals surface area contributed by atoms with Gasteiger partial charge in [-0.05, 0) is 25.8 Å². The minimum atomic E-state index is -0.269. The van der Waals surface area contributed by atoms with Gasteiger partial charge in [-0.2, -0.15) is 4.39 Å². The predicted molar refractivity (Wildman–Crippen MR) is 35.7 cm³/mol. The van der Waals surface area contributed by atoms with Crippen molar-refractivity contribution in [2.45, 2.75) is 19.3 Å². The van der Waals surface area contributed by atoms with Gasteiger partial charge in [0.1, 0.15) is 0 Å². The zero-order valence-electron chi connectivity index (χ0n) is 5.57. The Morgan fingerprint density at radius 2 is 1.78 bits per heavy atom. The molecule has 0 aromatic heterocycles. The third-order valence-corrected chi connectivity index (χ3v) is 1.70. The normalized spacial score (nSPS) is 19.9. The van der Waals surface area contributed by atoms with Crippen LogP contribution in [0.2, 0.25) is 0 Å². The molecule has 0 amide bonds. The van der Waals surface area contributed by atoms with Gasteiger partial charge < -0.3 is 4.90 Å². The molecule has 0 aliphatic carbocycles. The standard InChI is InChI=1S/C7H12FN/c1-7(8)9-5-3-2-4-6-9/h1-6H2. The molecule has 1 fully saturated rings. The van der Waals surface area contributed by atoms with Crippen molar-refractivity contribution in [1.29, 1.82) is 0 Å². The van der Waals surface area contributed by atoms with Crippen molar-refractivity contribution >= 4 is 0 Å². The van der Waals surface area contributed by atoms with Crippen LogP contribution >= 0.6 is 0 Å². The first-order valence-electron chi connectivity index (χ1n) is 3.40. The summed E-state index contributed by atoms with van der Waals surface area (Å²) in [7, 11) is 0. The molecule has 0 atom stereocenters. The van der Waals surface area contributed by atoms with E-state index < -0.39 is 0 Å². The van der Waals surface area contributed by atoms with Crippen molar-refractivity contribution in [3.63, 3.8) is 0 Å². The lowest BCUT2D eigenvalue weighted by Crippen LogP contribution is -2.26. The summed E-state index contributed by atoms with van der Waals surface area (Å²) in [5.74, 6) is -0.269. The zero-order chi connectivity index (χ0) is 6.69. The highest BCUT2D eigenvalue weighted by Crippen LogP contribution is 2.13. The van der Waals surface area contributed by atoms with Crippen LogP contribution in [0.3, 0.4) is 0 Å². The lowest BCUT2D eigenvalue weighted by atomic mass is 10.1. The van der Waals surface area contributed by atoms with Gasteiger partial charge in [0.15, 0.2) is 5.95 Å². The molecule has 2 heteroatoms. The minimum Gasteiger partial charge on any atom is -0.349 e. The van der Waals surface area contributed by atoms with Gasteiger partial charge in [-0.25, -0.2) is 0 Å². The molecule has 0 unspecified atom stereocenters. The number of nitrogens with zero attached hydrogens (tertiary/aromatic N) is 1. The van der Waals surface area contributed by atoms with Crippen LogP contribution in [-0.2, 0) is 0 Å². The fourth-order valence-electron chi connectivity index (χ4n) is 1.14. The highest BCUT2D eigenvalue weighted by Gasteiger charge is 2.09. The van der Waals surface area contributed by atoms with Crippen LogP contribution in [0, 0.1) is 0 Å². The van der Waals surface area contributed by atoms with E-state index in [1.54, 1.807) is 4.90 Å². The molecule has 0 spiro atoms. The summed E-state index contributed by atoms with van der Waals surface area (Å²) in [5.41, 5.74) is 0. The van der Waals surface area contributed by atoms with Gasteiger partial charge in [0.25, 0.3) is 0 Å². The molecule has 0 bridgehead atoms. The molecule has 1 aliphatic heterocycles. The second-order valence-electron chi connectivity index (χ2n) is 2.42. The van der Waals surface area contributed by atoms with Gasteiger partial charge in [-0.15, -0.1) is 0 Å². The number of halogens is 1. The summed E-state index contributed by atoms with van der Waals surface area (Å²) >= 11 is 0. The van der Waals surface area contributed by atoms with E-state index in [-0.39, 0.29) is 5.95 Å². The van der Waals surface area contributed by atoms with Crippen LogP contribution < -0.4 is 0 Å². The molecule has 1 rings (SSSR count). The molecular weight excluding hydrogens is 117 g/mol. The molecule has 1 saturated heterocycles. The molecular formula is C7H12FN. The number of likely N-dealkylation sites (tertiary alicyclic amines) is 1. The Labute approximate surface area is 55.2 Å². The molecule has 52 valence electrons. The second kappa shape index (κ2) is 2.85. The lowest BCUT2D eigenvalue weighted by molar-refractivity contribution is 0.231. The summed E-state index contributed by atoms with van der Waals surface area (Å²) in [6.07, 6.45) is 3.47.